The molecule has 0 aliphatic carbocycles. The van der Waals surface area contributed by atoms with Crippen molar-refractivity contribution >= 4 is 23.5 Å². The molecular formula is C22H25ClN6O. The zero-order valence-corrected chi connectivity index (χ0v) is 18.2. The van der Waals surface area contributed by atoms with Gasteiger partial charge in [-0.1, -0.05) is 23.7 Å². The number of hydrogen-bond donors (Lipinski definition) is 0. The Kier molecular flexibility index (Phi) is 5.72. The van der Waals surface area contributed by atoms with Crippen molar-refractivity contribution in [2.45, 2.75) is 32.4 Å². The minimum Gasteiger partial charge on any atom is -0.347 e. The van der Waals surface area contributed by atoms with Gasteiger partial charge < -0.3 is 9.80 Å². The molecule has 156 valence electrons. The second kappa shape index (κ2) is 8.44. The lowest BCUT2D eigenvalue weighted by molar-refractivity contribution is 0.0726. The van der Waals surface area contributed by atoms with Crippen LogP contribution in [0.5, 0.6) is 0 Å². The molecule has 1 fully saturated rings. The Morgan fingerprint density at radius 1 is 1.23 bits per heavy atom. The van der Waals surface area contributed by atoms with Gasteiger partial charge >= 0.3 is 0 Å². The predicted octanol–water partition coefficient (Wildman–Crippen LogP) is 4.06. The van der Waals surface area contributed by atoms with E-state index >= 15 is 0 Å². The molecule has 3 heterocycles. The van der Waals surface area contributed by atoms with Crippen molar-refractivity contribution in [1.29, 1.82) is 0 Å². The maximum Gasteiger partial charge on any atom is 0.274 e. The summed E-state index contributed by atoms with van der Waals surface area (Å²) in [7, 11) is 3.83. The number of rotatable bonds is 5. The summed E-state index contributed by atoms with van der Waals surface area (Å²) in [5.41, 5.74) is 3.23. The van der Waals surface area contributed by atoms with Gasteiger partial charge in [0.1, 0.15) is 5.69 Å². The quantitative estimate of drug-likeness (QED) is 0.618. The van der Waals surface area contributed by atoms with Gasteiger partial charge in [-0.2, -0.15) is 5.10 Å². The van der Waals surface area contributed by atoms with Crippen LogP contribution in [-0.4, -0.2) is 51.2 Å². The number of anilines is 1. The molecule has 1 atom stereocenters. The van der Waals surface area contributed by atoms with Crippen molar-refractivity contribution in [3.63, 3.8) is 0 Å². The van der Waals surface area contributed by atoms with Crippen molar-refractivity contribution in [1.82, 2.24) is 24.6 Å². The average molecular weight is 425 g/mol. The lowest BCUT2D eigenvalue weighted by Gasteiger charge is -2.26. The van der Waals surface area contributed by atoms with Gasteiger partial charge in [0.25, 0.3) is 5.91 Å². The molecule has 3 aromatic rings. The largest absolute Gasteiger partial charge is 0.347 e. The van der Waals surface area contributed by atoms with Crippen molar-refractivity contribution in [2.75, 3.05) is 25.5 Å². The van der Waals surface area contributed by atoms with E-state index in [2.05, 4.69) is 10.1 Å². The molecule has 0 spiro atoms. The summed E-state index contributed by atoms with van der Waals surface area (Å²) in [5, 5.41) is 5.08. The fourth-order valence-corrected chi connectivity index (χ4v) is 3.93. The molecule has 1 aromatic carbocycles. The Morgan fingerprint density at radius 2 is 2.00 bits per heavy atom. The fourth-order valence-electron chi connectivity index (χ4n) is 3.80. The highest BCUT2D eigenvalue weighted by Crippen LogP contribution is 2.38. The molecule has 30 heavy (non-hydrogen) atoms. The van der Waals surface area contributed by atoms with Gasteiger partial charge in [0.05, 0.1) is 11.7 Å². The van der Waals surface area contributed by atoms with Gasteiger partial charge in [-0.25, -0.2) is 9.97 Å². The summed E-state index contributed by atoms with van der Waals surface area (Å²) in [5.74, 6) is 0.564. The standard InChI is InChI=1S/C22H25ClN6O/c1-4-28-13-11-18(26-28)21(30)29-12-5-6-19(29)20-17(14-24-22(25-20)27(2)3)15-7-9-16(23)10-8-15/h7-11,13-14,19H,4-6,12H2,1-3H3. The fraction of sp³-hybridized carbons (Fsp3) is 0.364. The highest BCUT2D eigenvalue weighted by Gasteiger charge is 2.34. The van der Waals surface area contributed by atoms with Crippen molar-refractivity contribution in [3.8, 4) is 11.1 Å². The van der Waals surface area contributed by atoms with E-state index in [0.29, 0.717) is 23.2 Å². The number of aryl methyl sites for hydroxylation is 1. The van der Waals surface area contributed by atoms with E-state index in [9.17, 15) is 4.79 Å². The maximum absolute atomic E-state index is 13.3. The molecule has 1 aliphatic rings. The Balaban J connectivity index is 1.75. The van der Waals surface area contributed by atoms with E-state index in [1.54, 1.807) is 10.7 Å². The number of carbonyl (C=O) groups is 1. The number of amides is 1. The Bertz CT molecular complexity index is 1050. The lowest BCUT2D eigenvalue weighted by Crippen LogP contribution is -2.32. The highest BCUT2D eigenvalue weighted by molar-refractivity contribution is 6.30. The Morgan fingerprint density at radius 3 is 2.67 bits per heavy atom. The third-order valence-electron chi connectivity index (χ3n) is 5.37. The smallest absolute Gasteiger partial charge is 0.274 e. The summed E-state index contributed by atoms with van der Waals surface area (Å²) in [4.78, 5) is 26.4. The van der Waals surface area contributed by atoms with Crippen LogP contribution in [0.2, 0.25) is 5.02 Å². The molecule has 1 amide bonds. The normalized spacial score (nSPS) is 16.1. The van der Waals surface area contributed by atoms with Crippen LogP contribution in [0.4, 0.5) is 5.95 Å². The summed E-state index contributed by atoms with van der Waals surface area (Å²) in [6, 6.07) is 9.29. The monoisotopic (exact) mass is 424 g/mol. The summed E-state index contributed by atoms with van der Waals surface area (Å²) < 4.78 is 1.77. The molecular weight excluding hydrogens is 400 g/mol. The molecule has 7 nitrogen and oxygen atoms in total. The number of nitrogens with zero attached hydrogens (tertiary/aromatic N) is 6. The molecule has 4 rings (SSSR count). The number of halogens is 1. The SMILES string of the molecule is CCn1ccc(C(=O)N2CCCC2c2nc(N(C)C)ncc2-c2ccc(Cl)cc2)n1. The van der Waals surface area contributed by atoms with Crippen LogP contribution in [-0.2, 0) is 6.54 Å². The topological polar surface area (TPSA) is 67.2 Å². The summed E-state index contributed by atoms with van der Waals surface area (Å²) >= 11 is 6.08. The van der Waals surface area contributed by atoms with E-state index in [0.717, 1.165) is 36.2 Å². The molecule has 0 N–H and O–H groups in total. The molecule has 0 bridgehead atoms. The molecule has 2 aromatic heterocycles. The van der Waals surface area contributed by atoms with E-state index in [1.165, 1.54) is 0 Å². The van der Waals surface area contributed by atoms with Gasteiger partial charge in [0.15, 0.2) is 0 Å². The zero-order chi connectivity index (χ0) is 21.3. The van der Waals surface area contributed by atoms with Crippen LogP contribution < -0.4 is 4.90 Å². The van der Waals surface area contributed by atoms with Crippen LogP contribution in [0, 0.1) is 0 Å². The highest BCUT2D eigenvalue weighted by atomic mass is 35.5. The maximum atomic E-state index is 13.3. The first kappa shape index (κ1) is 20.3. The minimum atomic E-state index is -0.128. The second-order valence-electron chi connectivity index (χ2n) is 7.58. The number of hydrogen-bond acceptors (Lipinski definition) is 5. The number of aromatic nitrogens is 4. The number of likely N-dealkylation sites (tertiary alicyclic amines) is 1. The van der Waals surface area contributed by atoms with Gasteiger partial charge in [0, 0.05) is 50.2 Å². The summed E-state index contributed by atoms with van der Waals surface area (Å²) in [6.45, 7) is 3.42. The first-order chi connectivity index (χ1) is 14.5. The van der Waals surface area contributed by atoms with Crippen LogP contribution in [0.25, 0.3) is 11.1 Å². The molecule has 1 aliphatic heterocycles. The first-order valence-electron chi connectivity index (χ1n) is 10.1. The Labute approximate surface area is 181 Å². The average Bonchev–Trinajstić information content (AvgIpc) is 3.43. The van der Waals surface area contributed by atoms with Gasteiger partial charge in [-0.3, -0.25) is 9.48 Å². The van der Waals surface area contributed by atoms with Crippen LogP contribution in [0.3, 0.4) is 0 Å². The van der Waals surface area contributed by atoms with Crippen molar-refractivity contribution < 1.29 is 4.79 Å². The van der Waals surface area contributed by atoms with Gasteiger partial charge in [-0.15, -0.1) is 0 Å². The van der Waals surface area contributed by atoms with E-state index in [-0.39, 0.29) is 11.9 Å². The third-order valence-corrected chi connectivity index (χ3v) is 5.63. The molecule has 1 unspecified atom stereocenters. The number of carbonyl (C=O) groups excluding carboxylic acids is 1. The molecule has 0 radical (unpaired) electrons. The number of benzene rings is 1. The van der Waals surface area contributed by atoms with Crippen LogP contribution in [0.15, 0.2) is 42.7 Å². The minimum absolute atomic E-state index is 0.0585. The predicted molar refractivity (Wildman–Crippen MR) is 118 cm³/mol. The molecule has 1 saturated heterocycles. The van der Waals surface area contributed by atoms with E-state index < -0.39 is 0 Å². The molecule has 8 heteroatoms. The third kappa shape index (κ3) is 3.89. The second-order valence-corrected chi connectivity index (χ2v) is 8.02. The zero-order valence-electron chi connectivity index (χ0n) is 17.4. The first-order valence-corrected chi connectivity index (χ1v) is 10.5. The van der Waals surface area contributed by atoms with Gasteiger partial charge in [0.2, 0.25) is 5.95 Å². The Hall–Kier alpha value is -2.93. The van der Waals surface area contributed by atoms with Gasteiger partial charge in [-0.05, 0) is 43.5 Å². The summed E-state index contributed by atoms with van der Waals surface area (Å²) in [6.07, 6.45) is 5.46. The van der Waals surface area contributed by atoms with Crippen molar-refractivity contribution in [3.05, 3.63) is 59.1 Å². The van der Waals surface area contributed by atoms with Crippen LogP contribution in [0.1, 0.15) is 42.0 Å². The van der Waals surface area contributed by atoms with Crippen molar-refractivity contribution in [2.24, 2.45) is 0 Å². The molecule has 0 saturated carbocycles. The van der Waals surface area contributed by atoms with Crippen LogP contribution >= 0.6 is 11.6 Å². The lowest BCUT2D eigenvalue weighted by atomic mass is 9.99. The van der Waals surface area contributed by atoms with E-state index in [1.807, 2.05) is 67.5 Å². The van der Waals surface area contributed by atoms with E-state index in [4.69, 9.17) is 16.6 Å².